The summed E-state index contributed by atoms with van der Waals surface area (Å²) in [6.07, 6.45) is 3.60. The van der Waals surface area contributed by atoms with Gasteiger partial charge < -0.3 is 14.9 Å². The molecule has 0 aliphatic carbocycles. The normalized spacial score (nSPS) is 20.3. The molecule has 0 bridgehead atoms. The average molecular weight is 426 g/mol. The summed E-state index contributed by atoms with van der Waals surface area (Å²) < 4.78 is 0. The van der Waals surface area contributed by atoms with Gasteiger partial charge in [0.1, 0.15) is 0 Å². The van der Waals surface area contributed by atoms with E-state index in [4.69, 9.17) is 0 Å². The standard InChI is InChI=1S/C23H27N3O3S/c1-15-22(30-16(2)24-15)20(27)18-19(17-9-5-3-6-10-17)26(23(29)21(18)28)14-13-25-11-7-4-8-12-25/h3,5-6,9-10,19,28H,4,7-8,11-14H2,1-2H3. The summed E-state index contributed by atoms with van der Waals surface area (Å²) in [5.74, 6) is -1.21. The number of nitrogens with zero attached hydrogens (tertiary/aromatic N) is 3. The Morgan fingerprint density at radius 1 is 1.13 bits per heavy atom. The number of rotatable bonds is 6. The number of carbonyl (C=O) groups is 2. The van der Waals surface area contributed by atoms with Crippen molar-refractivity contribution in [3.05, 3.63) is 62.8 Å². The van der Waals surface area contributed by atoms with Crippen LogP contribution in [0.1, 0.15) is 51.2 Å². The third kappa shape index (κ3) is 3.91. The van der Waals surface area contributed by atoms with E-state index in [1.54, 1.807) is 11.8 Å². The number of aromatic nitrogens is 1. The Kier molecular flexibility index (Phi) is 6.01. The van der Waals surface area contributed by atoms with Crippen LogP contribution < -0.4 is 0 Å². The highest BCUT2D eigenvalue weighted by Crippen LogP contribution is 2.39. The number of hydrogen-bond donors (Lipinski definition) is 1. The summed E-state index contributed by atoms with van der Waals surface area (Å²) >= 11 is 1.30. The molecule has 1 saturated heterocycles. The molecule has 1 aromatic carbocycles. The van der Waals surface area contributed by atoms with Crippen molar-refractivity contribution in [1.82, 2.24) is 14.8 Å². The highest BCUT2D eigenvalue weighted by atomic mass is 32.1. The van der Waals surface area contributed by atoms with Gasteiger partial charge in [-0.05, 0) is 45.3 Å². The Morgan fingerprint density at radius 3 is 2.47 bits per heavy atom. The van der Waals surface area contributed by atoms with Crippen LogP contribution in [-0.4, -0.2) is 57.8 Å². The van der Waals surface area contributed by atoms with Crippen LogP contribution in [0.5, 0.6) is 0 Å². The van der Waals surface area contributed by atoms with Gasteiger partial charge in [-0.3, -0.25) is 9.59 Å². The van der Waals surface area contributed by atoms with Gasteiger partial charge in [0.2, 0.25) is 5.78 Å². The molecular formula is C23H27N3O3S. The summed E-state index contributed by atoms with van der Waals surface area (Å²) in [6, 6.07) is 8.91. The van der Waals surface area contributed by atoms with E-state index < -0.39 is 17.7 Å². The first-order valence-corrected chi connectivity index (χ1v) is 11.3. The molecule has 1 N–H and O–H groups in total. The van der Waals surface area contributed by atoms with Crippen molar-refractivity contribution in [3.8, 4) is 0 Å². The van der Waals surface area contributed by atoms with E-state index in [9.17, 15) is 14.7 Å². The van der Waals surface area contributed by atoms with Gasteiger partial charge in [0.05, 0.1) is 27.2 Å². The SMILES string of the molecule is Cc1nc(C)c(C(=O)C2=C(O)C(=O)N(CCN3CCCCC3)C2c2ccccc2)s1. The van der Waals surface area contributed by atoms with E-state index in [1.165, 1.54) is 30.6 Å². The third-order valence-corrected chi connectivity index (χ3v) is 6.95. The number of thiazole rings is 1. The maximum Gasteiger partial charge on any atom is 0.290 e. The second kappa shape index (κ2) is 8.70. The lowest BCUT2D eigenvalue weighted by Crippen LogP contribution is -2.40. The van der Waals surface area contributed by atoms with Crippen LogP contribution in [0, 0.1) is 13.8 Å². The van der Waals surface area contributed by atoms with Crippen LogP contribution in [-0.2, 0) is 4.79 Å². The molecule has 1 aromatic heterocycles. The number of piperidine rings is 1. The molecule has 1 unspecified atom stereocenters. The van der Waals surface area contributed by atoms with Crippen molar-refractivity contribution < 1.29 is 14.7 Å². The van der Waals surface area contributed by atoms with Crippen molar-refractivity contribution in [1.29, 1.82) is 0 Å². The Morgan fingerprint density at radius 2 is 1.83 bits per heavy atom. The molecule has 4 rings (SSSR count). The molecule has 1 atom stereocenters. The maximum atomic E-state index is 13.4. The number of amides is 1. The summed E-state index contributed by atoms with van der Waals surface area (Å²) in [5, 5.41) is 11.6. The minimum Gasteiger partial charge on any atom is -0.503 e. The molecule has 0 radical (unpaired) electrons. The molecule has 6 nitrogen and oxygen atoms in total. The van der Waals surface area contributed by atoms with E-state index in [-0.39, 0.29) is 11.4 Å². The van der Waals surface area contributed by atoms with E-state index in [2.05, 4.69) is 9.88 Å². The first-order valence-electron chi connectivity index (χ1n) is 10.5. The second-order valence-electron chi connectivity index (χ2n) is 7.95. The number of aliphatic hydroxyl groups excluding tert-OH is 1. The van der Waals surface area contributed by atoms with E-state index in [1.807, 2.05) is 37.3 Å². The average Bonchev–Trinajstić information content (AvgIpc) is 3.23. The summed E-state index contributed by atoms with van der Waals surface area (Å²) in [7, 11) is 0. The van der Waals surface area contributed by atoms with Crippen molar-refractivity contribution in [2.75, 3.05) is 26.2 Å². The summed E-state index contributed by atoms with van der Waals surface area (Å²) in [4.78, 5) is 35.3. The number of aliphatic hydroxyl groups is 1. The largest absolute Gasteiger partial charge is 0.503 e. The Labute approximate surface area is 180 Å². The predicted molar refractivity (Wildman–Crippen MR) is 117 cm³/mol. The van der Waals surface area contributed by atoms with Crippen LogP contribution in [0.15, 0.2) is 41.7 Å². The molecule has 1 amide bonds. The number of carbonyl (C=O) groups excluding carboxylic acids is 2. The molecule has 1 fully saturated rings. The van der Waals surface area contributed by atoms with E-state index >= 15 is 0 Å². The molecule has 7 heteroatoms. The molecular weight excluding hydrogens is 398 g/mol. The fourth-order valence-corrected chi connectivity index (χ4v) is 5.27. The van der Waals surface area contributed by atoms with Crippen LogP contribution in [0.3, 0.4) is 0 Å². The number of aryl methyl sites for hydroxylation is 2. The van der Waals surface area contributed by atoms with Gasteiger partial charge in [0.25, 0.3) is 5.91 Å². The van der Waals surface area contributed by atoms with Crippen molar-refractivity contribution in [2.45, 2.75) is 39.2 Å². The zero-order valence-corrected chi connectivity index (χ0v) is 18.2. The fourth-order valence-electron chi connectivity index (χ4n) is 4.39. The molecule has 158 valence electrons. The monoisotopic (exact) mass is 425 g/mol. The van der Waals surface area contributed by atoms with Gasteiger partial charge in [-0.25, -0.2) is 4.98 Å². The first-order chi connectivity index (χ1) is 14.5. The molecule has 30 heavy (non-hydrogen) atoms. The van der Waals surface area contributed by atoms with Gasteiger partial charge in [0.15, 0.2) is 5.76 Å². The first kappa shape index (κ1) is 20.8. The highest BCUT2D eigenvalue weighted by Gasteiger charge is 2.44. The van der Waals surface area contributed by atoms with Crippen LogP contribution in [0.2, 0.25) is 0 Å². The molecule has 3 heterocycles. The number of Topliss-reactive ketones (excluding diaryl/α,β-unsaturated/α-hetero) is 1. The van der Waals surface area contributed by atoms with Gasteiger partial charge in [-0.15, -0.1) is 11.3 Å². The zero-order valence-electron chi connectivity index (χ0n) is 17.4. The lowest BCUT2D eigenvalue weighted by molar-refractivity contribution is -0.129. The predicted octanol–water partition coefficient (Wildman–Crippen LogP) is 3.82. The number of likely N-dealkylation sites (tertiary alicyclic amines) is 1. The fraction of sp³-hybridized carbons (Fsp3) is 0.435. The Bertz CT molecular complexity index is 977. The Hall–Kier alpha value is -2.51. The number of benzene rings is 1. The quantitative estimate of drug-likeness (QED) is 0.712. The van der Waals surface area contributed by atoms with Gasteiger partial charge in [-0.1, -0.05) is 36.8 Å². The topological polar surface area (TPSA) is 73.7 Å². The van der Waals surface area contributed by atoms with E-state index in [0.717, 1.165) is 30.2 Å². The second-order valence-corrected chi connectivity index (χ2v) is 9.16. The van der Waals surface area contributed by atoms with Crippen molar-refractivity contribution >= 4 is 23.0 Å². The smallest absolute Gasteiger partial charge is 0.290 e. The van der Waals surface area contributed by atoms with Gasteiger partial charge in [-0.2, -0.15) is 0 Å². The minimum absolute atomic E-state index is 0.164. The number of hydrogen-bond acceptors (Lipinski definition) is 6. The highest BCUT2D eigenvalue weighted by molar-refractivity contribution is 7.14. The molecule has 0 spiro atoms. The summed E-state index contributed by atoms with van der Waals surface area (Å²) in [5.41, 5.74) is 1.63. The zero-order chi connectivity index (χ0) is 21.3. The molecule has 2 aliphatic rings. The van der Waals surface area contributed by atoms with Gasteiger partial charge >= 0.3 is 0 Å². The van der Waals surface area contributed by atoms with Crippen LogP contribution in [0.4, 0.5) is 0 Å². The molecule has 2 aliphatic heterocycles. The van der Waals surface area contributed by atoms with E-state index in [0.29, 0.717) is 17.1 Å². The third-order valence-electron chi connectivity index (χ3n) is 5.88. The minimum atomic E-state index is -0.585. The van der Waals surface area contributed by atoms with Crippen LogP contribution >= 0.6 is 11.3 Å². The van der Waals surface area contributed by atoms with Crippen LogP contribution in [0.25, 0.3) is 0 Å². The van der Waals surface area contributed by atoms with Crippen molar-refractivity contribution in [3.63, 3.8) is 0 Å². The van der Waals surface area contributed by atoms with Crippen molar-refractivity contribution in [2.24, 2.45) is 0 Å². The maximum absolute atomic E-state index is 13.4. The number of ketones is 1. The van der Waals surface area contributed by atoms with Gasteiger partial charge in [0, 0.05) is 13.1 Å². The lowest BCUT2D eigenvalue weighted by Gasteiger charge is -2.31. The summed E-state index contributed by atoms with van der Waals surface area (Å²) in [6.45, 7) is 6.91. The lowest BCUT2D eigenvalue weighted by atomic mass is 9.95. The Balaban J connectivity index is 1.67. The molecule has 2 aromatic rings. The molecule has 0 saturated carbocycles.